The fraction of sp³-hybridized carbons (Fsp3) is 0.263. The molecule has 4 rings (SSSR count). The molecule has 1 aliphatic carbocycles. The van der Waals surface area contributed by atoms with Crippen LogP contribution in [0.5, 0.6) is 0 Å². The highest BCUT2D eigenvalue weighted by Crippen LogP contribution is 2.39. The molecule has 8 heteroatoms. The van der Waals surface area contributed by atoms with Gasteiger partial charge in [-0.05, 0) is 42.7 Å². The largest absolute Gasteiger partial charge is 0.352 e. The van der Waals surface area contributed by atoms with Crippen LogP contribution in [-0.2, 0) is 4.79 Å². The topological polar surface area (TPSA) is 46.9 Å². The first-order valence-electron chi connectivity index (χ1n) is 8.50. The molecular weight excluding hydrogens is 375 g/mol. The first-order valence-corrected chi connectivity index (χ1v) is 9.38. The van der Waals surface area contributed by atoms with Gasteiger partial charge in [0.15, 0.2) is 5.16 Å². The standard InChI is InChI=1S/C19H16F3N3OS/c20-12-7-5-11(6-8-12)16(17(26)23-13-9-10-13)27-19-24-14-3-1-2-4-15(14)25(19)18(21)22/h1-8,13,16,18H,9-10H2,(H,23,26). The Labute approximate surface area is 157 Å². The van der Waals surface area contributed by atoms with Crippen molar-refractivity contribution in [3.8, 4) is 0 Å². The molecule has 3 aromatic rings. The van der Waals surface area contributed by atoms with Gasteiger partial charge >= 0.3 is 6.55 Å². The zero-order valence-electron chi connectivity index (χ0n) is 14.1. The lowest BCUT2D eigenvalue weighted by atomic mass is 10.1. The van der Waals surface area contributed by atoms with Crippen LogP contribution in [0.1, 0.15) is 30.2 Å². The summed E-state index contributed by atoms with van der Waals surface area (Å²) in [5.41, 5.74) is 1.27. The normalized spacial score (nSPS) is 15.3. The van der Waals surface area contributed by atoms with Crippen molar-refractivity contribution in [1.29, 1.82) is 0 Å². The number of amides is 1. The van der Waals surface area contributed by atoms with E-state index in [-0.39, 0.29) is 17.1 Å². The van der Waals surface area contributed by atoms with E-state index in [0.717, 1.165) is 29.2 Å². The summed E-state index contributed by atoms with van der Waals surface area (Å²) in [5.74, 6) is -0.716. The molecule has 0 aliphatic heterocycles. The van der Waals surface area contributed by atoms with E-state index in [4.69, 9.17) is 0 Å². The number of thioether (sulfide) groups is 1. The Kier molecular flexibility index (Phi) is 4.82. The first-order chi connectivity index (χ1) is 13.0. The molecule has 0 spiro atoms. The number of hydrogen-bond acceptors (Lipinski definition) is 3. The van der Waals surface area contributed by atoms with Crippen LogP contribution in [0.3, 0.4) is 0 Å². The van der Waals surface area contributed by atoms with Crippen LogP contribution in [0, 0.1) is 5.82 Å². The molecule has 1 aromatic heterocycles. The highest BCUT2D eigenvalue weighted by Gasteiger charge is 2.31. The number of nitrogens with zero attached hydrogens (tertiary/aromatic N) is 2. The minimum atomic E-state index is -2.79. The monoisotopic (exact) mass is 391 g/mol. The molecule has 0 bridgehead atoms. The summed E-state index contributed by atoms with van der Waals surface area (Å²) in [6.45, 7) is -2.79. The lowest BCUT2D eigenvalue weighted by Gasteiger charge is -2.17. The highest BCUT2D eigenvalue weighted by atomic mass is 32.2. The van der Waals surface area contributed by atoms with Crippen LogP contribution < -0.4 is 5.32 Å². The lowest BCUT2D eigenvalue weighted by Crippen LogP contribution is -2.30. The molecule has 4 nitrogen and oxygen atoms in total. The van der Waals surface area contributed by atoms with Gasteiger partial charge in [-0.2, -0.15) is 8.78 Å². The van der Waals surface area contributed by atoms with E-state index in [0.29, 0.717) is 16.6 Å². The third kappa shape index (κ3) is 3.80. The van der Waals surface area contributed by atoms with Gasteiger partial charge in [0.1, 0.15) is 11.1 Å². The molecule has 27 heavy (non-hydrogen) atoms. The van der Waals surface area contributed by atoms with E-state index in [2.05, 4.69) is 10.3 Å². The summed E-state index contributed by atoms with van der Waals surface area (Å²) in [5, 5.41) is 2.13. The van der Waals surface area contributed by atoms with Gasteiger partial charge in [-0.3, -0.25) is 9.36 Å². The number of para-hydroxylation sites is 2. The van der Waals surface area contributed by atoms with Gasteiger partial charge in [0, 0.05) is 6.04 Å². The zero-order chi connectivity index (χ0) is 19.0. The van der Waals surface area contributed by atoms with Crippen LogP contribution >= 0.6 is 11.8 Å². The van der Waals surface area contributed by atoms with Crippen molar-refractivity contribution >= 4 is 28.7 Å². The van der Waals surface area contributed by atoms with Crippen molar-refractivity contribution in [2.24, 2.45) is 0 Å². The van der Waals surface area contributed by atoms with E-state index in [1.54, 1.807) is 24.3 Å². The Balaban J connectivity index is 1.72. The fourth-order valence-electron chi connectivity index (χ4n) is 2.81. The number of carbonyl (C=O) groups is 1. The second-order valence-electron chi connectivity index (χ2n) is 6.36. The molecular formula is C19H16F3N3OS. The number of fused-ring (bicyclic) bond motifs is 1. The molecule has 1 aliphatic rings. The quantitative estimate of drug-likeness (QED) is 0.621. The van der Waals surface area contributed by atoms with Crippen molar-refractivity contribution in [3.05, 3.63) is 59.9 Å². The number of carbonyl (C=O) groups excluding carboxylic acids is 1. The number of alkyl halides is 2. The van der Waals surface area contributed by atoms with Crippen molar-refractivity contribution in [1.82, 2.24) is 14.9 Å². The van der Waals surface area contributed by atoms with Gasteiger partial charge in [-0.15, -0.1) is 0 Å². The van der Waals surface area contributed by atoms with Gasteiger partial charge in [0.25, 0.3) is 0 Å². The number of hydrogen-bond donors (Lipinski definition) is 1. The van der Waals surface area contributed by atoms with Gasteiger partial charge in [-0.1, -0.05) is 36.0 Å². The molecule has 1 amide bonds. The number of nitrogens with one attached hydrogen (secondary N) is 1. The number of aromatic nitrogens is 2. The van der Waals surface area contributed by atoms with E-state index < -0.39 is 17.6 Å². The van der Waals surface area contributed by atoms with Crippen LogP contribution in [0.25, 0.3) is 11.0 Å². The van der Waals surface area contributed by atoms with Crippen LogP contribution in [0.2, 0.25) is 0 Å². The number of halogens is 3. The Bertz CT molecular complexity index is 970. The van der Waals surface area contributed by atoms with Crippen LogP contribution in [0.4, 0.5) is 13.2 Å². The van der Waals surface area contributed by atoms with Gasteiger partial charge in [0.2, 0.25) is 5.91 Å². The van der Waals surface area contributed by atoms with Gasteiger partial charge in [-0.25, -0.2) is 9.37 Å². The minimum absolute atomic E-state index is 0.0477. The molecule has 1 saturated carbocycles. The van der Waals surface area contributed by atoms with E-state index in [1.807, 2.05) is 0 Å². The predicted molar refractivity (Wildman–Crippen MR) is 97.1 cm³/mol. The minimum Gasteiger partial charge on any atom is -0.352 e. The Morgan fingerprint density at radius 2 is 1.85 bits per heavy atom. The summed E-state index contributed by atoms with van der Waals surface area (Å²) < 4.78 is 41.5. The van der Waals surface area contributed by atoms with E-state index >= 15 is 0 Å². The van der Waals surface area contributed by atoms with Gasteiger partial charge in [0.05, 0.1) is 11.0 Å². The summed E-state index contributed by atoms with van der Waals surface area (Å²) in [4.78, 5) is 17.0. The zero-order valence-corrected chi connectivity index (χ0v) is 14.9. The van der Waals surface area contributed by atoms with Crippen LogP contribution in [-0.4, -0.2) is 21.5 Å². The highest BCUT2D eigenvalue weighted by molar-refractivity contribution is 8.00. The molecule has 1 unspecified atom stereocenters. The second-order valence-corrected chi connectivity index (χ2v) is 7.44. The van der Waals surface area contributed by atoms with Crippen LogP contribution in [0.15, 0.2) is 53.7 Å². The molecule has 1 heterocycles. The van der Waals surface area contributed by atoms with Crippen molar-refractivity contribution < 1.29 is 18.0 Å². The Morgan fingerprint density at radius 3 is 2.52 bits per heavy atom. The van der Waals surface area contributed by atoms with Crippen molar-refractivity contribution in [3.63, 3.8) is 0 Å². The molecule has 1 atom stereocenters. The number of benzene rings is 2. The van der Waals surface area contributed by atoms with E-state index in [1.165, 1.54) is 24.3 Å². The van der Waals surface area contributed by atoms with Crippen molar-refractivity contribution in [2.75, 3.05) is 0 Å². The van der Waals surface area contributed by atoms with E-state index in [9.17, 15) is 18.0 Å². The molecule has 0 saturated heterocycles. The first kappa shape index (κ1) is 17.9. The third-order valence-electron chi connectivity index (χ3n) is 4.32. The average molecular weight is 391 g/mol. The Hall–Kier alpha value is -2.48. The van der Waals surface area contributed by atoms with Gasteiger partial charge < -0.3 is 5.32 Å². The lowest BCUT2D eigenvalue weighted by molar-refractivity contribution is -0.120. The van der Waals surface area contributed by atoms with Crippen molar-refractivity contribution in [2.45, 2.75) is 35.8 Å². The molecule has 1 N–H and O–H groups in total. The average Bonchev–Trinajstić information content (AvgIpc) is 3.37. The molecule has 1 fully saturated rings. The number of imidazole rings is 1. The number of rotatable bonds is 6. The maximum absolute atomic E-state index is 13.7. The maximum Gasteiger partial charge on any atom is 0.321 e. The summed E-state index contributed by atoms with van der Waals surface area (Å²) in [6.07, 6.45) is 1.81. The summed E-state index contributed by atoms with van der Waals surface area (Å²) >= 11 is 0.944. The predicted octanol–water partition coefficient (Wildman–Crippen LogP) is 4.68. The molecule has 0 radical (unpaired) electrons. The second kappa shape index (κ2) is 7.26. The summed E-state index contributed by atoms with van der Waals surface area (Å²) in [6, 6.07) is 12.2. The molecule has 2 aromatic carbocycles. The molecule has 140 valence electrons. The summed E-state index contributed by atoms with van der Waals surface area (Å²) in [7, 11) is 0. The SMILES string of the molecule is O=C(NC1CC1)C(Sc1nc2ccccc2n1C(F)F)c1ccc(F)cc1. The fourth-order valence-corrected chi connectivity index (χ4v) is 3.94. The third-order valence-corrected chi connectivity index (χ3v) is 5.54. The Morgan fingerprint density at radius 1 is 1.15 bits per heavy atom. The smallest absolute Gasteiger partial charge is 0.321 e. The maximum atomic E-state index is 13.7.